The molecule has 0 spiro atoms. The summed E-state index contributed by atoms with van der Waals surface area (Å²) in [6.45, 7) is 1.62. The Morgan fingerprint density at radius 2 is 1.57 bits per heavy atom. The van der Waals surface area contributed by atoms with E-state index in [0.717, 1.165) is 29.8 Å². The van der Waals surface area contributed by atoms with Gasteiger partial charge in [-0.05, 0) is 48.9 Å². The molecule has 0 bridgehead atoms. The van der Waals surface area contributed by atoms with E-state index in [1.807, 2.05) is 0 Å². The Kier molecular flexibility index (Phi) is 6.86. The highest BCUT2D eigenvalue weighted by Gasteiger charge is 2.31. The first-order chi connectivity index (χ1) is 13.2. The summed E-state index contributed by atoms with van der Waals surface area (Å²) in [5.41, 5.74) is 0.817. The zero-order valence-electron chi connectivity index (χ0n) is 15.1. The number of halogens is 3. The maximum atomic E-state index is 12.1. The van der Waals surface area contributed by atoms with E-state index in [1.54, 1.807) is 31.4 Å². The Bertz CT molecular complexity index is 804. The lowest BCUT2D eigenvalue weighted by Gasteiger charge is -2.14. The molecule has 0 saturated carbocycles. The molecular formula is C19H18F3NO5. The molecule has 2 rings (SSSR count). The Hall–Kier alpha value is -3.23. The first-order valence-electron chi connectivity index (χ1n) is 8.15. The van der Waals surface area contributed by atoms with Gasteiger partial charge in [-0.2, -0.15) is 0 Å². The standard InChI is InChI=1S/C19H18F3NO5/c1-12(17(24)23-11-13-3-7-15(26-2)8-4-13)27-18(25)14-5-9-16(10-6-14)28-19(20,21)22/h3-10,12H,11H2,1-2H3,(H,23,24)/t12-/m1/s1. The molecule has 0 aliphatic carbocycles. The van der Waals surface area contributed by atoms with Gasteiger partial charge in [0.1, 0.15) is 11.5 Å². The lowest BCUT2D eigenvalue weighted by molar-refractivity contribution is -0.274. The predicted octanol–water partition coefficient (Wildman–Crippen LogP) is 3.46. The van der Waals surface area contributed by atoms with Crippen LogP contribution in [-0.2, 0) is 16.1 Å². The highest BCUT2D eigenvalue weighted by atomic mass is 19.4. The normalized spacial score (nSPS) is 12.0. The number of carbonyl (C=O) groups excluding carboxylic acids is 2. The van der Waals surface area contributed by atoms with Gasteiger partial charge in [-0.25, -0.2) is 4.79 Å². The van der Waals surface area contributed by atoms with Crippen molar-refractivity contribution in [3.63, 3.8) is 0 Å². The molecule has 0 aliphatic heterocycles. The summed E-state index contributed by atoms with van der Waals surface area (Å²) in [6.07, 6.45) is -5.91. The Morgan fingerprint density at radius 1 is 1.00 bits per heavy atom. The van der Waals surface area contributed by atoms with Crippen LogP contribution in [0.3, 0.4) is 0 Å². The minimum Gasteiger partial charge on any atom is -0.497 e. The third-order valence-corrected chi connectivity index (χ3v) is 3.60. The Balaban J connectivity index is 1.85. The Labute approximate surface area is 159 Å². The van der Waals surface area contributed by atoms with Crippen molar-refractivity contribution >= 4 is 11.9 Å². The Morgan fingerprint density at radius 3 is 2.11 bits per heavy atom. The van der Waals surface area contributed by atoms with Gasteiger partial charge in [0.05, 0.1) is 12.7 Å². The van der Waals surface area contributed by atoms with Crippen molar-refractivity contribution in [3.8, 4) is 11.5 Å². The fourth-order valence-electron chi connectivity index (χ4n) is 2.15. The number of hydrogen-bond acceptors (Lipinski definition) is 5. The van der Waals surface area contributed by atoms with E-state index < -0.39 is 30.1 Å². The number of nitrogens with one attached hydrogen (secondary N) is 1. The average molecular weight is 397 g/mol. The van der Waals surface area contributed by atoms with Crippen LogP contribution in [0.1, 0.15) is 22.8 Å². The summed E-state index contributed by atoms with van der Waals surface area (Å²) in [7, 11) is 1.55. The molecule has 2 aromatic carbocycles. The first-order valence-corrected chi connectivity index (χ1v) is 8.15. The fraction of sp³-hybridized carbons (Fsp3) is 0.263. The van der Waals surface area contributed by atoms with E-state index in [-0.39, 0.29) is 12.1 Å². The van der Waals surface area contributed by atoms with E-state index >= 15 is 0 Å². The molecule has 0 aliphatic rings. The number of methoxy groups -OCH3 is 1. The highest BCUT2D eigenvalue weighted by molar-refractivity contribution is 5.92. The van der Waals surface area contributed by atoms with Crippen molar-refractivity contribution in [1.29, 1.82) is 0 Å². The summed E-state index contributed by atoms with van der Waals surface area (Å²) in [4.78, 5) is 24.1. The predicted molar refractivity (Wildman–Crippen MR) is 92.8 cm³/mol. The van der Waals surface area contributed by atoms with Crippen LogP contribution in [0.25, 0.3) is 0 Å². The second-order valence-electron chi connectivity index (χ2n) is 5.69. The lowest BCUT2D eigenvalue weighted by atomic mass is 10.2. The molecule has 6 nitrogen and oxygen atoms in total. The summed E-state index contributed by atoms with van der Waals surface area (Å²) < 4.78 is 50.2. The lowest BCUT2D eigenvalue weighted by Crippen LogP contribution is -2.35. The van der Waals surface area contributed by atoms with Crippen LogP contribution >= 0.6 is 0 Å². The van der Waals surface area contributed by atoms with Crippen LogP contribution in [0.2, 0.25) is 0 Å². The smallest absolute Gasteiger partial charge is 0.497 e. The third kappa shape index (κ3) is 6.49. The maximum absolute atomic E-state index is 12.1. The molecule has 28 heavy (non-hydrogen) atoms. The number of benzene rings is 2. The van der Waals surface area contributed by atoms with Crippen LogP contribution in [0.5, 0.6) is 11.5 Å². The van der Waals surface area contributed by atoms with Crippen molar-refractivity contribution in [1.82, 2.24) is 5.32 Å². The second kappa shape index (κ2) is 9.12. The third-order valence-electron chi connectivity index (χ3n) is 3.60. The van der Waals surface area contributed by atoms with Crippen LogP contribution in [0.4, 0.5) is 13.2 Å². The number of hydrogen-bond donors (Lipinski definition) is 1. The van der Waals surface area contributed by atoms with Crippen molar-refractivity contribution in [2.45, 2.75) is 25.9 Å². The van der Waals surface area contributed by atoms with E-state index in [0.29, 0.717) is 5.75 Å². The number of ether oxygens (including phenoxy) is 3. The number of carbonyl (C=O) groups is 2. The van der Waals surface area contributed by atoms with Gasteiger partial charge < -0.3 is 19.5 Å². The monoisotopic (exact) mass is 397 g/mol. The largest absolute Gasteiger partial charge is 0.573 e. The van der Waals surface area contributed by atoms with Gasteiger partial charge in [0.2, 0.25) is 0 Å². The van der Waals surface area contributed by atoms with Gasteiger partial charge in [0.25, 0.3) is 5.91 Å². The summed E-state index contributed by atoms with van der Waals surface area (Å²) in [5.74, 6) is -1.13. The van der Waals surface area contributed by atoms with Gasteiger partial charge in [-0.3, -0.25) is 4.79 Å². The van der Waals surface area contributed by atoms with E-state index in [2.05, 4.69) is 10.1 Å². The zero-order valence-corrected chi connectivity index (χ0v) is 15.1. The zero-order chi connectivity index (χ0) is 20.7. The molecule has 0 unspecified atom stereocenters. The van der Waals surface area contributed by atoms with Gasteiger partial charge in [0.15, 0.2) is 6.10 Å². The maximum Gasteiger partial charge on any atom is 0.573 e. The molecule has 1 amide bonds. The van der Waals surface area contributed by atoms with Gasteiger partial charge in [0, 0.05) is 6.54 Å². The van der Waals surface area contributed by atoms with Crippen LogP contribution < -0.4 is 14.8 Å². The number of alkyl halides is 3. The van der Waals surface area contributed by atoms with Gasteiger partial charge >= 0.3 is 12.3 Å². The van der Waals surface area contributed by atoms with Crippen LogP contribution in [0, 0.1) is 0 Å². The first kappa shape index (κ1) is 21.1. The van der Waals surface area contributed by atoms with Crippen molar-refractivity contribution in [2.24, 2.45) is 0 Å². The number of rotatable bonds is 7. The molecular weight excluding hydrogens is 379 g/mol. The van der Waals surface area contributed by atoms with Crippen LogP contribution in [0.15, 0.2) is 48.5 Å². The van der Waals surface area contributed by atoms with Crippen molar-refractivity contribution < 1.29 is 37.0 Å². The van der Waals surface area contributed by atoms with Crippen molar-refractivity contribution in [3.05, 3.63) is 59.7 Å². The number of amides is 1. The molecule has 0 saturated heterocycles. The molecule has 9 heteroatoms. The minimum absolute atomic E-state index is 0.00988. The molecule has 1 N–H and O–H groups in total. The fourth-order valence-corrected chi connectivity index (χ4v) is 2.15. The average Bonchev–Trinajstić information content (AvgIpc) is 2.65. The minimum atomic E-state index is -4.82. The van der Waals surface area contributed by atoms with E-state index in [4.69, 9.17) is 9.47 Å². The molecule has 2 aromatic rings. The molecule has 150 valence electrons. The summed E-state index contributed by atoms with van der Waals surface area (Å²) >= 11 is 0. The topological polar surface area (TPSA) is 73.9 Å². The molecule has 0 heterocycles. The van der Waals surface area contributed by atoms with Gasteiger partial charge in [-0.1, -0.05) is 12.1 Å². The molecule has 1 atom stereocenters. The second-order valence-corrected chi connectivity index (χ2v) is 5.69. The highest BCUT2D eigenvalue weighted by Crippen LogP contribution is 2.23. The molecule has 0 radical (unpaired) electrons. The van der Waals surface area contributed by atoms with Crippen molar-refractivity contribution in [2.75, 3.05) is 7.11 Å². The van der Waals surface area contributed by atoms with Crippen LogP contribution in [-0.4, -0.2) is 31.5 Å². The van der Waals surface area contributed by atoms with E-state index in [1.165, 1.54) is 6.92 Å². The van der Waals surface area contributed by atoms with Gasteiger partial charge in [-0.15, -0.1) is 13.2 Å². The molecule has 0 fully saturated rings. The van der Waals surface area contributed by atoms with E-state index in [9.17, 15) is 22.8 Å². The number of esters is 1. The summed E-state index contributed by atoms with van der Waals surface area (Å²) in [5, 5.41) is 2.63. The SMILES string of the molecule is COc1ccc(CNC(=O)[C@@H](C)OC(=O)c2ccc(OC(F)(F)F)cc2)cc1. The quantitative estimate of drug-likeness (QED) is 0.725. The summed E-state index contributed by atoms with van der Waals surface area (Å²) in [6, 6.07) is 11.3. The molecule has 0 aromatic heterocycles.